The molecule has 2 atom stereocenters. The third-order valence-corrected chi connectivity index (χ3v) is 3.79. The van der Waals surface area contributed by atoms with Gasteiger partial charge < -0.3 is 4.74 Å². The zero-order chi connectivity index (χ0) is 9.54. The number of ether oxygens (including phenoxy) is 1. The molecule has 2 unspecified atom stereocenters. The lowest BCUT2D eigenvalue weighted by Gasteiger charge is -2.17. The predicted molar refractivity (Wildman–Crippen MR) is 52.6 cm³/mol. The van der Waals surface area contributed by atoms with Crippen LogP contribution in [0.1, 0.15) is 32.1 Å². The SMILES string of the molecule is O=C(C1=CCCCO1)C1CC2CC2C1. The summed E-state index contributed by atoms with van der Waals surface area (Å²) in [6, 6.07) is 0. The van der Waals surface area contributed by atoms with E-state index in [1.165, 1.54) is 6.42 Å². The van der Waals surface area contributed by atoms with Crippen molar-refractivity contribution in [2.75, 3.05) is 6.61 Å². The van der Waals surface area contributed by atoms with Crippen molar-refractivity contribution in [3.8, 4) is 0 Å². The van der Waals surface area contributed by atoms with Gasteiger partial charge in [0.25, 0.3) is 0 Å². The molecule has 3 aliphatic rings. The minimum Gasteiger partial charge on any atom is -0.490 e. The number of ketones is 1. The summed E-state index contributed by atoms with van der Waals surface area (Å²) in [6.45, 7) is 0.733. The van der Waals surface area contributed by atoms with E-state index in [0.29, 0.717) is 11.7 Å². The van der Waals surface area contributed by atoms with Crippen molar-refractivity contribution in [2.24, 2.45) is 17.8 Å². The summed E-state index contributed by atoms with van der Waals surface area (Å²) >= 11 is 0. The molecule has 2 aliphatic carbocycles. The summed E-state index contributed by atoms with van der Waals surface area (Å²) in [6.07, 6.45) is 7.70. The molecule has 0 amide bonds. The zero-order valence-electron chi connectivity index (χ0n) is 8.37. The number of carbonyl (C=O) groups is 1. The van der Waals surface area contributed by atoms with Crippen LogP contribution in [0.5, 0.6) is 0 Å². The maximum absolute atomic E-state index is 12.0. The Bertz CT molecular complexity index is 283. The Morgan fingerprint density at radius 2 is 2.07 bits per heavy atom. The highest BCUT2D eigenvalue weighted by Crippen LogP contribution is 2.54. The number of rotatable bonds is 2. The monoisotopic (exact) mass is 192 g/mol. The molecule has 1 aliphatic heterocycles. The third kappa shape index (κ3) is 1.37. The zero-order valence-corrected chi connectivity index (χ0v) is 8.37. The van der Waals surface area contributed by atoms with Crippen molar-refractivity contribution in [3.05, 3.63) is 11.8 Å². The molecule has 2 saturated carbocycles. The third-order valence-electron chi connectivity index (χ3n) is 3.79. The molecular formula is C12H16O2. The van der Waals surface area contributed by atoms with Gasteiger partial charge in [-0.3, -0.25) is 4.79 Å². The smallest absolute Gasteiger partial charge is 0.200 e. The van der Waals surface area contributed by atoms with Crippen LogP contribution in [0.3, 0.4) is 0 Å². The fourth-order valence-electron chi connectivity index (χ4n) is 2.86. The molecule has 0 aromatic rings. The summed E-state index contributed by atoms with van der Waals surface area (Å²) in [7, 11) is 0. The fourth-order valence-corrected chi connectivity index (χ4v) is 2.86. The van der Waals surface area contributed by atoms with E-state index in [4.69, 9.17) is 4.74 Å². The molecule has 1 heterocycles. The van der Waals surface area contributed by atoms with E-state index in [1.807, 2.05) is 6.08 Å². The van der Waals surface area contributed by atoms with E-state index >= 15 is 0 Å². The molecule has 2 heteroatoms. The highest BCUT2D eigenvalue weighted by atomic mass is 16.5. The lowest BCUT2D eigenvalue weighted by atomic mass is 9.96. The van der Waals surface area contributed by atoms with E-state index in [1.54, 1.807) is 0 Å². The van der Waals surface area contributed by atoms with Gasteiger partial charge in [-0.05, 0) is 50.0 Å². The maximum atomic E-state index is 12.0. The molecule has 0 spiro atoms. The molecule has 0 saturated heterocycles. The molecule has 14 heavy (non-hydrogen) atoms. The van der Waals surface area contributed by atoms with E-state index in [9.17, 15) is 4.79 Å². The first-order chi connectivity index (χ1) is 6.84. The van der Waals surface area contributed by atoms with Crippen LogP contribution in [0.2, 0.25) is 0 Å². The average Bonchev–Trinajstić information content (AvgIpc) is 2.86. The number of Topliss-reactive ketones (excluding diaryl/α,β-unsaturated/α-hetero) is 1. The summed E-state index contributed by atoms with van der Waals surface area (Å²) in [5.74, 6) is 3.02. The summed E-state index contributed by atoms with van der Waals surface area (Å²) in [4.78, 5) is 12.0. The second kappa shape index (κ2) is 3.11. The second-order valence-corrected chi connectivity index (χ2v) is 4.85. The highest BCUT2D eigenvalue weighted by molar-refractivity contribution is 5.95. The van der Waals surface area contributed by atoms with Gasteiger partial charge in [-0.25, -0.2) is 0 Å². The summed E-state index contributed by atoms with van der Waals surface area (Å²) < 4.78 is 5.41. The van der Waals surface area contributed by atoms with Gasteiger partial charge in [0, 0.05) is 5.92 Å². The van der Waals surface area contributed by atoms with Gasteiger partial charge in [0.05, 0.1) is 6.61 Å². The van der Waals surface area contributed by atoms with Gasteiger partial charge in [-0.15, -0.1) is 0 Å². The van der Waals surface area contributed by atoms with Crippen molar-refractivity contribution in [2.45, 2.75) is 32.1 Å². The Morgan fingerprint density at radius 3 is 2.71 bits per heavy atom. The van der Waals surface area contributed by atoms with Crippen LogP contribution < -0.4 is 0 Å². The molecular weight excluding hydrogens is 176 g/mol. The van der Waals surface area contributed by atoms with Crippen LogP contribution in [0.4, 0.5) is 0 Å². The lowest BCUT2D eigenvalue weighted by molar-refractivity contribution is -0.123. The van der Waals surface area contributed by atoms with Gasteiger partial charge in [0.2, 0.25) is 0 Å². The standard InChI is InChI=1S/C12H16O2/c13-12(11-3-1-2-4-14-11)10-6-8-5-9(8)7-10/h3,8-10H,1-2,4-7H2. The number of allylic oxidation sites excluding steroid dienone is 2. The van der Waals surface area contributed by atoms with Crippen LogP contribution in [-0.4, -0.2) is 12.4 Å². The quantitative estimate of drug-likeness (QED) is 0.671. The van der Waals surface area contributed by atoms with Gasteiger partial charge in [-0.1, -0.05) is 0 Å². The Morgan fingerprint density at radius 1 is 1.29 bits per heavy atom. The van der Waals surface area contributed by atoms with Crippen LogP contribution in [0, 0.1) is 17.8 Å². The van der Waals surface area contributed by atoms with Gasteiger partial charge in [0.15, 0.2) is 11.5 Å². The largest absolute Gasteiger partial charge is 0.490 e. The second-order valence-electron chi connectivity index (χ2n) is 4.85. The minimum absolute atomic E-state index is 0.289. The first-order valence-electron chi connectivity index (χ1n) is 5.72. The summed E-state index contributed by atoms with van der Waals surface area (Å²) in [5, 5.41) is 0. The molecule has 76 valence electrons. The van der Waals surface area contributed by atoms with Crippen LogP contribution in [0.25, 0.3) is 0 Å². The van der Waals surface area contributed by atoms with Crippen molar-refractivity contribution in [1.29, 1.82) is 0 Å². The molecule has 2 fully saturated rings. The van der Waals surface area contributed by atoms with Crippen molar-refractivity contribution in [1.82, 2.24) is 0 Å². The molecule has 0 bridgehead atoms. The Balaban J connectivity index is 1.66. The Labute approximate surface area is 84.3 Å². The number of hydrogen-bond acceptors (Lipinski definition) is 2. The van der Waals surface area contributed by atoms with Crippen LogP contribution >= 0.6 is 0 Å². The van der Waals surface area contributed by atoms with Gasteiger partial charge >= 0.3 is 0 Å². The van der Waals surface area contributed by atoms with Gasteiger partial charge in [-0.2, -0.15) is 0 Å². The number of hydrogen-bond donors (Lipinski definition) is 0. The van der Waals surface area contributed by atoms with Crippen molar-refractivity contribution in [3.63, 3.8) is 0 Å². The highest BCUT2D eigenvalue weighted by Gasteiger charge is 2.48. The first-order valence-corrected chi connectivity index (χ1v) is 5.72. The fraction of sp³-hybridized carbons (Fsp3) is 0.750. The molecule has 0 aromatic heterocycles. The van der Waals surface area contributed by atoms with Crippen molar-refractivity contribution >= 4 is 5.78 Å². The van der Waals surface area contributed by atoms with E-state index in [2.05, 4.69) is 0 Å². The van der Waals surface area contributed by atoms with Crippen LogP contribution in [-0.2, 0) is 9.53 Å². The Kier molecular flexibility index (Phi) is 1.89. The van der Waals surface area contributed by atoms with Crippen LogP contribution in [0.15, 0.2) is 11.8 Å². The lowest BCUT2D eigenvalue weighted by Crippen LogP contribution is -2.19. The topological polar surface area (TPSA) is 26.3 Å². The summed E-state index contributed by atoms with van der Waals surface area (Å²) in [5.41, 5.74) is 0. The average molecular weight is 192 g/mol. The molecule has 0 radical (unpaired) electrons. The van der Waals surface area contributed by atoms with E-state index in [0.717, 1.165) is 44.1 Å². The molecule has 0 N–H and O–H groups in total. The van der Waals surface area contributed by atoms with Gasteiger partial charge in [0.1, 0.15) is 0 Å². The first kappa shape index (κ1) is 8.51. The predicted octanol–water partition coefficient (Wildman–Crippen LogP) is 2.30. The van der Waals surface area contributed by atoms with Crippen molar-refractivity contribution < 1.29 is 9.53 Å². The van der Waals surface area contributed by atoms with E-state index in [-0.39, 0.29) is 5.78 Å². The normalized spacial score (nSPS) is 39.7. The maximum Gasteiger partial charge on any atom is 0.200 e. The molecule has 3 rings (SSSR count). The van der Waals surface area contributed by atoms with E-state index < -0.39 is 0 Å². The molecule has 2 nitrogen and oxygen atoms in total. The number of carbonyl (C=O) groups excluding carboxylic acids is 1. The minimum atomic E-state index is 0.289. The molecule has 0 aromatic carbocycles. The number of fused-ring (bicyclic) bond motifs is 1. The Hall–Kier alpha value is -0.790.